The van der Waals surface area contributed by atoms with Crippen LogP contribution in [0.3, 0.4) is 0 Å². The summed E-state index contributed by atoms with van der Waals surface area (Å²) in [5, 5.41) is 5.83. The zero-order valence-corrected chi connectivity index (χ0v) is 14.2. The number of rotatable bonds is 4. The number of hydrazone groups is 1. The predicted octanol–water partition coefficient (Wildman–Crippen LogP) is 0.0916. The molecule has 0 aromatic carbocycles. The van der Waals surface area contributed by atoms with Crippen molar-refractivity contribution in [3.8, 4) is 0 Å². The molecule has 0 saturated heterocycles. The number of imidazole rings is 1. The van der Waals surface area contributed by atoms with E-state index in [0.717, 1.165) is 5.71 Å². The van der Waals surface area contributed by atoms with Gasteiger partial charge in [-0.1, -0.05) is 6.92 Å². The number of carbonyl (C=O) groups is 1. The lowest BCUT2D eigenvalue weighted by Gasteiger charge is -2.23. The molecule has 0 radical (unpaired) electrons. The van der Waals surface area contributed by atoms with Crippen LogP contribution in [0.25, 0.3) is 11.2 Å². The Bertz CT molecular complexity index is 978. The molecule has 3 rings (SSSR count). The highest BCUT2D eigenvalue weighted by Crippen LogP contribution is 2.23. The monoisotopic (exact) mass is 332 g/mol. The average molecular weight is 332 g/mol. The molecule has 0 fully saturated rings. The SMILES string of the molecule is CCCn1c(=O)c2c(nc3n2CC(C)=NN3CC(C)=O)n(C)c1=O. The topological polar surface area (TPSA) is 94.5 Å². The molecule has 0 saturated carbocycles. The van der Waals surface area contributed by atoms with Crippen molar-refractivity contribution >= 4 is 28.6 Å². The van der Waals surface area contributed by atoms with E-state index >= 15 is 0 Å². The van der Waals surface area contributed by atoms with E-state index in [0.29, 0.717) is 36.6 Å². The predicted molar refractivity (Wildman–Crippen MR) is 90.7 cm³/mol. The minimum absolute atomic E-state index is 0.0654. The molecule has 0 aliphatic carbocycles. The summed E-state index contributed by atoms with van der Waals surface area (Å²) >= 11 is 0. The van der Waals surface area contributed by atoms with Crippen LogP contribution >= 0.6 is 0 Å². The number of hydrogen-bond acceptors (Lipinski definition) is 6. The van der Waals surface area contributed by atoms with Crippen LogP contribution in [-0.2, 0) is 24.9 Å². The molecule has 0 amide bonds. The maximum absolute atomic E-state index is 12.8. The Morgan fingerprint density at radius 2 is 2.00 bits per heavy atom. The van der Waals surface area contributed by atoms with Gasteiger partial charge in [-0.25, -0.2) is 9.80 Å². The average Bonchev–Trinajstić information content (AvgIpc) is 2.88. The minimum atomic E-state index is -0.388. The number of aryl methyl sites for hydroxylation is 1. The first-order valence-electron chi connectivity index (χ1n) is 7.86. The summed E-state index contributed by atoms with van der Waals surface area (Å²) in [4.78, 5) is 41.2. The van der Waals surface area contributed by atoms with E-state index in [2.05, 4.69) is 10.1 Å². The first-order valence-corrected chi connectivity index (χ1v) is 7.86. The first kappa shape index (κ1) is 16.2. The van der Waals surface area contributed by atoms with Gasteiger partial charge in [-0.15, -0.1) is 0 Å². The Morgan fingerprint density at radius 1 is 1.29 bits per heavy atom. The Labute approximate surface area is 137 Å². The highest BCUT2D eigenvalue weighted by atomic mass is 16.2. The van der Waals surface area contributed by atoms with Gasteiger partial charge in [-0.3, -0.25) is 23.3 Å². The van der Waals surface area contributed by atoms with Crippen molar-refractivity contribution in [1.82, 2.24) is 18.7 Å². The van der Waals surface area contributed by atoms with E-state index in [-0.39, 0.29) is 23.6 Å². The molecular formula is C15H20N6O3. The Morgan fingerprint density at radius 3 is 2.62 bits per heavy atom. The van der Waals surface area contributed by atoms with Crippen molar-refractivity contribution < 1.29 is 4.79 Å². The van der Waals surface area contributed by atoms with Crippen LogP contribution in [0.2, 0.25) is 0 Å². The van der Waals surface area contributed by atoms with Crippen LogP contribution in [0.4, 0.5) is 5.95 Å². The quantitative estimate of drug-likeness (QED) is 0.791. The lowest BCUT2D eigenvalue weighted by molar-refractivity contribution is -0.115. The molecule has 128 valence electrons. The van der Waals surface area contributed by atoms with Gasteiger partial charge < -0.3 is 0 Å². The number of fused-ring (bicyclic) bond motifs is 3. The smallest absolute Gasteiger partial charge is 0.298 e. The van der Waals surface area contributed by atoms with E-state index in [1.54, 1.807) is 11.6 Å². The molecular weight excluding hydrogens is 312 g/mol. The van der Waals surface area contributed by atoms with E-state index < -0.39 is 0 Å². The van der Waals surface area contributed by atoms with Crippen molar-refractivity contribution in [2.75, 3.05) is 11.6 Å². The molecule has 24 heavy (non-hydrogen) atoms. The third-order valence-corrected chi connectivity index (χ3v) is 3.94. The largest absolute Gasteiger partial charge is 0.332 e. The summed E-state index contributed by atoms with van der Waals surface area (Å²) < 4.78 is 4.33. The normalized spacial score (nSPS) is 14.0. The minimum Gasteiger partial charge on any atom is -0.298 e. The number of nitrogens with zero attached hydrogens (tertiary/aromatic N) is 6. The lowest BCUT2D eigenvalue weighted by Crippen LogP contribution is -2.40. The van der Waals surface area contributed by atoms with E-state index in [9.17, 15) is 14.4 Å². The molecule has 1 aliphatic rings. The summed E-state index contributed by atoms with van der Waals surface area (Å²) in [6, 6.07) is 0. The van der Waals surface area contributed by atoms with Crippen LogP contribution in [0.5, 0.6) is 0 Å². The van der Waals surface area contributed by atoms with Crippen molar-refractivity contribution in [3.05, 3.63) is 20.8 Å². The second-order valence-electron chi connectivity index (χ2n) is 6.06. The van der Waals surface area contributed by atoms with Crippen molar-refractivity contribution in [2.45, 2.75) is 40.3 Å². The maximum atomic E-state index is 12.8. The number of aromatic nitrogens is 4. The summed E-state index contributed by atoms with van der Waals surface area (Å²) in [5.74, 6) is 0.344. The molecule has 2 aromatic rings. The Balaban J connectivity index is 2.34. The van der Waals surface area contributed by atoms with Gasteiger partial charge in [-0.2, -0.15) is 10.1 Å². The molecule has 3 heterocycles. The van der Waals surface area contributed by atoms with Crippen molar-refractivity contribution in [3.63, 3.8) is 0 Å². The Kier molecular flexibility index (Phi) is 3.86. The summed E-state index contributed by atoms with van der Waals surface area (Å²) in [7, 11) is 1.60. The van der Waals surface area contributed by atoms with Gasteiger partial charge in [0, 0.05) is 13.6 Å². The Hall–Kier alpha value is -2.71. The fourth-order valence-electron chi connectivity index (χ4n) is 2.96. The molecule has 9 heteroatoms. The van der Waals surface area contributed by atoms with Crippen molar-refractivity contribution in [1.29, 1.82) is 0 Å². The summed E-state index contributed by atoms with van der Waals surface area (Å²) in [6.07, 6.45) is 0.679. The van der Waals surface area contributed by atoms with Crippen LogP contribution in [0, 0.1) is 0 Å². The molecule has 0 unspecified atom stereocenters. The molecule has 2 aromatic heterocycles. The van der Waals surface area contributed by atoms with Gasteiger partial charge in [0.05, 0.1) is 12.3 Å². The fraction of sp³-hybridized carbons (Fsp3) is 0.533. The van der Waals surface area contributed by atoms with Crippen LogP contribution in [0.1, 0.15) is 27.2 Å². The number of anilines is 1. The van der Waals surface area contributed by atoms with Crippen molar-refractivity contribution in [2.24, 2.45) is 12.1 Å². The van der Waals surface area contributed by atoms with E-state index in [1.807, 2.05) is 13.8 Å². The highest BCUT2D eigenvalue weighted by Gasteiger charge is 2.26. The third kappa shape index (κ3) is 2.36. The molecule has 0 bridgehead atoms. The second-order valence-corrected chi connectivity index (χ2v) is 6.06. The summed E-state index contributed by atoms with van der Waals surface area (Å²) in [6.45, 7) is 6.03. The summed E-state index contributed by atoms with van der Waals surface area (Å²) in [5.41, 5.74) is 0.694. The van der Waals surface area contributed by atoms with Crippen LogP contribution in [0.15, 0.2) is 14.7 Å². The second kappa shape index (κ2) is 5.73. The van der Waals surface area contributed by atoms with Gasteiger partial charge in [-0.05, 0) is 20.3 Å². The lowest BCUT2D eigenvalue weighted by atomic mass is 10.3. The maximum Gasteiger partial charge on any atom is 0.332 e. The number of Topliss-reactive ketones (excluding diaryl/α,β-unsaturated/α-hetero) is 1. The van der Waals surface area contributed by atoms with Gasteiger partial charge in [0.15, 0.2) is 16.9 Å². The van der Waals surface area contributed by atoms with Gasteiger partial charge >= 0.3 is 5.69 Å². The van der Waals surface area contributed by atoms with Gasteiger partial charge in [0.25, 0.3) is 5.56 Å². The first-order chi connectivity index (χ1) is 11.3. The zero-order valence-electron chi connectivity index (χ0n) is 14.2. The van der Waals surface area contributed by atoms with E-state index in [4.69, 9.17) is 0 Å². The number of hydrogen-bond donors (Lipinski definition) is 0. The van der Waals surface area contributed by atoms with E-state index in [1.165, 1.54) is 21.1 Å². The molecule has 0 N–H and O–H groups in total. The van der Waals surface area contributed by atoms with Crippen LogP contribution in [-0.4, -0.2) is 36.7 Å². The number of carbonyl (C=O) groups excluding carboxylic acids is 1. The zero-order chi connectivity index (χ0) is 17.6. The molecule has 1 aliphatic heterocycles. The fourth-order valence-corrected chi connectivity index (χ4v) is 2.96. The number of ketones is 1. The highest BCUT2D eigenvalue weighted by molar-refractivity contribution is 5.89. The standard InChI is InChI=1S/C15H20N6O3/c1-5-6-19-13(23)11-12(18(4)15(19)24)16-14-20(11)7-9(2)17-21(14)8-10(3)22/h5-8H2,1-4H3. The third-order valence-electron chi connectivity index (χ3n) is 3.94. The molecule has 0 atom stereocenters. The van der Waals surface area contributed by atoms with Crippen LogP contribution < -0.4 is 16.3 Å². The van der Waals surface area contributed by atoms with Gasteiger partial charge in [0.2, 0.25) is 5.95 Å². The van der Waals surface area contributed by atoms with Gasteiger partial charge in [0.1, 0.15) is 6.54 Å². The molecule has 9 nitrogen and oxygen atoms in total. The molecule has 0 spiro atoms.